The van der Waals surface area contributed by atoms with E-state index >= 15 is 0 Å². The van der Waals surface area contributed by atoms with Crippen molar-refractivity contribution in [3.8, 4) is 0 Å². The SMILES string of the molecule is CN1CCN(c2nc(CN)co2)CC1(C)C. The van der Waals surface area contributed by atoms with Crippen LogP contribution in [0.1, 0.15) is 19.5 Å². The summed E-state index contributed by atoms with van der Waals surface area (Å²) in [7, 11) is 2.15. The maximum absolute atomic E-state index is 5.52. The van der Waals surface area contributed by atoms with E-state index in [2.05, 4.69) is 35.7 Å². The number of aromatic nitrogens is 1. The summed E-state index contributed by atoms with van der Waals surface area (Å²) in [5, 5.41) is 0. The van der Waals surface area contributed by atoms with E-state index in [9.17, 15) is 0 Å². The van der Waals surface area contributed by atoms with E-state index in [-0.39, 0.29) is 5.54 Å². The molecule has 2 rings (SSSR count). The molecule has 16 heavy (non-hydrogen) atoms. The van der Waals surface area contributed by atoms with Crippen LogP contribution in [0.15, 0.2) is 10.7 Å². The van der Waals surface area contributed by atoms with Crippen LogP contribution in [-0.4, -0.2) is 42.1 Å². The van der Waals surface area contributed by atoms with Gasteiger partial charge in [0.25, 0.3) is 6.01 Å². The standard InChI is InChI=1S/C11H20N4O/c1-11(2)8-15(5-4-14(11)3)10-13-9(6-12)7-16-10/h7H,4-6,8,12H2,1-3H3. The molecule has 0 unspecified atom stereocenters. The van der Waals surface area contributed by atoms with E-state index in [1.165, 1.54) is 0 Å². The second-order valence-corrected chi connectivity index (χ2v) is 4.98. The first-order valence-corrected chi connectivity index (χ1v) is 5.63. The van der Waals surface area contributed by atoms with Crippen LogP contribution in [0.2, 0.25) is 0 Å². The van der Waals surface area contributed by atoms with Crippen LogP contribution in [-0.2, 0) is 6.54 Å². The fourth-order valence-corrected chi connectivity index (χ4v) is 1.94. The second-order valence-electron chi connectivity index (χ2n) is 4.98. The third-order valence-corrected chi connectivity index (χ3v) is 3.34. The monoisotopic (exact) mass is 224 g/mol. The van der Waals surface area contributed by atoms with Crippen molar-refractivity contribution < 1.29 is 4.42 Å². The highest BCUT2D eigenvalue weighted by Gasteiger charge is 2.32. The number of hydrogen-bond acceptors (Lipinski definition) is 5. The van der Waals surface area contributed by atoms with Crippen LogP contribution in [0.5, 0.6) is 0 Å². The van der Waals surface area contributed by atoms with Gasteiger partial charge in [0.15, 0.2) is 0 Å². The number of anilines is 1. The molecule has 5 heteroatoms. The molecule has 0 spiro atoms. The van der Waals surface area contributed by atoms with Crippen LogP contribution >= 0.6 is 0 Å². The molecule has 1 saturated heterocycles. The summed E-state index contributed by atoms with van der Waals surface area (Å²) >= 11 is 0. The van der Waals surface area contributed by atoms with Gasteiger partial charge in [-0.25, -0.2) is 0 Å². The molecule has 5 nitrogen and oxygen atoms in total. The maximum atomic E-state index is 5.52. The van der Waals surface area contributed by atoms with E-state index in [0.29, 0.717) is 12.6 Å². The lowest BCUT2D eigenvalue weighted by atomic mass is 10.0. The van der Waals surface area contributed by atoms with Crippen LogP contribution in [0, 0.1) is 0 Å². The van der Waals surface area contributed by atoms with Crippen molar-refractivity contribution in [2.75, 3.05) is 31.6 Å². The Balaban J connectivity index is 2.11. The van der Waals surface area contributed by atoms with Crippen molar-refractivity contribution in [1.82, 2.24) is 9.88 Å². The van der Waals surface area contributed by atoms with E-state index in [1.54, 1.807) is 6.26 Å². The number of nitrogens with two attached hydrogens (primary N) is 1. The predicted octanol–water partition coefficient (Wildman–Crippen LogP) is 0.664. The highest BCUT2D eigenvalue weighted by molar-refractivity contribution is 5.29. The third-order valence-electron chi connectivity index (χ3n) is 3.34. The number of likely N-dealkylation sites (N-methyl/N-ethyl adjacent to an activating group) is 1. The lowest BCUT2D eigenvalue weighted by Crippen LogP contribution is -2.57. The normalized spacial score (nSPS) is 21.4. The van der Waals surface area contributed by atoms with Gasteiger partial charge in [-0.2, -0.15) is 4.98 Å². The van der Waals surface area contributed by atoms with Crippen molar-refractivity contribution >= 4 is 6.01 Å². The second kappa shape index (κ2) is 4.07. The summed E-state index contributed by atoms with van der Waals surface area (Å²) in [6.07, 6.45) is 1.64. The molecular weight excluding hydrogens is 204 g/mol. The van der Waals surface area contributed by atoms with E-state index < -0.39 is 0 Å². The van der Waals surface area contributed by atoms with Gasteiger partial charge in [0.05, 0.1) is 5.69 Å². The molecule has 0 atom stereocenters. The number of piperazine rings is 1. The molecule has 0 radical (unpaired) electrons. The molecule has 1 aliphatic heterocycles. The van der Waals surface area contributed by atoms with Gasteiger partial charge in [0.2, 0.25) is 0 Å². The Morgan fingerprint density at radius 3 is 2.81 bits per heavy atom. The summed E-state index contributed by atoms with van der Waals surface area (Å²) in [4.78, 5) is 8.90. The van der Waals surface area contributed by atoms with E-state index in [4.69, 9.17) is 10.2 Å². The number of hydrogen-bond donors (Lipinski definition) is 1. The van der Waals surface area contributed by atoms with Gasteiger partial charge in [-0.3, -0.25) is 4.90 Å². The summed E-state index contributed by atoms with van der Waals surface area (Å²) in [6.45, 7) is 7.78. The summed E-state index contributed by atoms with van der Waals surface area (Å²) in [6, 6.07) is 0.696. The van der Waals surface area contributed by atoms with Gasteiger partial charge in [0.1, 0.15) is 6.26 Å². The van der Waals surface area contributed by atoms with E-state index in [1.807, 2.05) is 0 Å². The Labute approximate surface area is 96.2 Å². The lowest BCUT2D eigenvalue weighted by molar-refractivity contribution is 0.136. The first kappa shape index (κ1) is 11.4. The van der Waals surface area contributed by atoms with Crippen LogP contribution in [0.25, 0.3) is 0 Å². The number of rotatable bonds is 2. The molecular formula is C11H20N4O. The third kappa shape index (κ3) is 2.05. The van der Waals surface area contributed by atoms with Gasteiger partial charge in [-0.05, 0) is 20.9 Å². The van der Waals surface area contributed by atoms with Crippen molar-refractivity contribution in [2.45, 2.75) is 25.9 Å². The Hall–Kier alpha value is -1.07. The van der Waals surface area contributed by atoms with Crippen molar-refractivity contribution in [3.05, 3.63) is 12.0 Å². The Morgan fingerprint density at radius 1 is 1.50 bits per heavy atom. The zero-order valence-electron chi connectivity index (χ0n) is 10.2. The van der Waals surface area contributed by atoms with Crippen LogP contribution in [0.3, 0.4) is 0 Å². The van der Waals surface area contributed by atoms with Gasteiger partial charge in [0, 0.05) is 31.7 Å². The van der Waals surface area contributed by atoms with Gasteiger partial charge >= 0.3 is 0 Å². The fourth-order valence-electron chi connectivity index (χ4n) is 1.94. The minimum Gasteiger partial charge on any atom is -0.432 e. The first-order chi connectivity index (χ1) is 7.53. The Bertz CT molecular complexity index is 361. The summed E-state index contributed by atoms with van der Waals surface area (Å²) in [5.41, 5.74) is 6.48. The Morgan fingerprint density at radius 2 is 2.25 bits per heavy atom. The zero-order chi connectivity index (χ0) is 11.8. The summed E-state index contributed by atoms with van der Waals surface area (Å²) in [5.74, 6) is 0. The van der Waals surface area contributed by atoms with Crippen molar-refractivity contribution in [3.63, 3.8) is 0 Å². The smallest absolute Gasteiger partial charge is 0.297 e. The average molecular weight is 224 g/mol. The summed E-state index contributed by atoms with van der Waals surface area (Å²) < 4.78 is 5.44. The van der Waals surface area contributed by atoms with Crippen LogP contribution in [0.4, 0.5) is 6.01 Å². The zero-order valence-corrected chi connectivity index (χ0v) is 10.2. The molecule has 2 heterocycles. The highest BCUT2D eigenvalue weighted by atomic mass is 16.4. The van der Waals surface area contributed by atoms with Crippen LogP contribution < -0.4 is 10.6 Å². The molecule has 0 bridgehead atoms. The quantitative estimate of drug-likeness (QED) is 0.800. The molecule has 2 N–H and O–H groups in total. The molecule has 0 aromatic carbocycles. The molecule has 1 aliphatic rings. The predicted molar refractivity (Wildman–Crippen MR) is 63.3 cm³/mol. The molecule has 1 aromatic heterocycles. The van der Waals surface area contributed by atoms with Gasteiger partial charge in [-0.1, -0.05) is 0 Å². The molecule has 1 fully saturated rings. The minimum atomic E-state index is 0.148. The maximum Gasteiger partial charge on any atom is 0.297 e. The molecule has 0 saturated carbocycles. The molecule has 1 aromatic rings. The average Bonchev–Trinajstić information content (AvgIpc) is 2.70. The fraction of sp³-hybridized carbons (Fsp3) is 0.727. The lowest BCUT2D eigenvalue weighted by Gasteiger charge is -2.44. The van der Waals surface area contributed by atoms with Crippen molar-refractivity contribution in [2.24, 2.45) is 5.73 Å². The van der Waals surface area contributed by atoms with E-state index in [0.717, 1.165) is 25.3 Å². The molecule has 90 valence electrons. The number of nitrogens with zero attached hydrogens (tertiary/aromatic N) is 3. The largest absolute Gasteiger partial charge is 0.432 e. The first-order valence-electron chi connectivity index (χ1n) is 5.63. The number of oxazole rings is 1. The van der Waals surface area contributed by atoms with Gasteiger partial charge in [-0.15, -0.1) is 0 Å². The molecule has 0 amide bonds. The highest BCUT2D eigenvalue weighted by Crippen LogP contribution is 2.23. The minimum absolute atomic E-state index is 0.148. The Kier molecular flexibility index (Phi) is 2.90. The topological polar surface area (TPSA) is 58.5 Å². The van der Waals surface area contributed by atoms with Crippen molar-refractivity contribution in [1.29, 1.82) is 0 Å². The molecule has 0 aliphatic carbocycles. The van der Waals surface area contributed by atoms with Gasteiger partial charge < -0.3 is 15.1 Å².